The molecule has 0 N–H and O–H groups in total. The first-order valence-corrected chi connectivity index (χ1v) is 6.99. The molecule has 0 aliphatic carbocycles. The summed E-state index contributed by atoms with van der Waals surface area (Å²) in [5.74, 6) is 0.0337. The highest BCUT2D eigenvalue weighted by Gasteiger charge is 2.30. The number of ether oxygens (including phenoxy) is 1. The molecule has 1 aliphatic heterocycles. The topological polar surface area (TPSA) is 29.5 Å². The summed E-state index contributed by atoms with van der Waals surface area (Å²) < 4.78 is 5.60. The van der Waals surface area contributed by atoms with Crippen molar-refractivity contribution in [2.24, 2.45) is 0 Å². The third-order valence-corrected chi connectivity index (χ3v) is 3.88. The van der Waals surface area contributed by atoms with Gasteiger partial charge in [-0.1, -0.05) is 29.3 Å². The van der Waals surface area contributed by atoms with Gasteiger partial charge in [0, 0.05) is 23.1 Å². The van der Waals surface area contributed by atoms with E-state index in [4.69, 9.17) is 27.9 Å². The lowest BCUT2D eigenvalue weighted by atomic mass is 10.1. The number of carbonyl (C=O) groups excluding carboxylic acids is 1. The van der Waals surface area contributed by atoms with E-state index in [1.807, 2.05) is 18.7 Å². The van der Waals surface area contributed by atoms with Gasteiger partial charge in [-0.05, 0) is 31.5 Å². The summed E-state index contributed by atoms with van der Waals surface area (Å²) in [4.78, 5) is 14.1. The number of hydrogen-bond acceptors (Lipinski definition) is 2. The van der Waals surface area contributed by atoms with E-state index in [0.717, 1.165) is 0 Å². The quantitative estimate of drug-likeness (QED) is 0.840. The minimum atomic E-state index is -0.293. The van der Waals surface area contributed by atoms with E-state index in [2.05, 4.69) is 0 Å². The van der Waals surface area contributed by atoms with E-state index in [9.17, 15) is 4.79 Å². The predicted octanol–water partition coefficient (Wildman–Crippen LogP) is 3.17. The fourth-order valence-electron chi connectivity index (χ4n) is 2.19. The highest BCUT2D eigenvalue weighted by molar-refractivity contribution is 6.36. The Morgan fingerprint density at radius 2 is 2.00 bits per heavy atom. The molecule has 0 unspecified atom stereocenters. The Morgan fingerprint density at radius 3 is 2.58 bits per heavy atom. The minimum absolute atomic E-state index is 0.0337. The molecule has 5 heteroatoms. The second-order valence-corrected chi connectivity index (χ2v) is 6.11. The molecule has 1 aliphatic rings. The summed E-state index contributed by atoms with van der Waals surface area (Å²) in [6, 6.07) is 5.27. The number of benzene rings is 1. The van der Waals surface area contributed by atoms with Gasteiger partial charge in [0.2, 0.25) is 5.91 Å². The highest BCUT2D eigenvalue weighted by Crippen LogP contribution is 2.26. The summed E-state index contributed by atoms with van der Waals surface area (Å²) in [5, 5.41) is 1.07. The maximum Gasteiger partial charge on any atom is 0.227 e. The second-order valence-electron chi connectivity index (χ2n) is 5.30. The molecule has 1 aromatic carbocycles. The van der Waals surface area contributed by atoms with E-state index in [-0.39, 0.29) is 17.9 Å². The molecule has 19 heavy (non-hydrogen) atoms. The van der Waals surface area contributed by atoms with E-state index in [0.29, 0.717) is 35.3 Å². The van der Waals surface area contributed by atoms with Crippen LogP contribution in [0.5, 0.6) is 0 Å². The van der Waals surface area contributed by atoms with Crippen LogP contribution in [0.2, 0.25) is 10.0 Å². The largest absolute Gasteiger partial charge is 0.372 e. The van der Waals surface area contributed by atoms with Crippen molar-refractivity contribution in [3.63, 3.8) is 0 Å². The van der Waals surface area contributed by atoms with Gasteiger partial charge in [0.25, 0.3) is 0 Å². The average Bonchev–Trinajstić information content (AvgIpc) is 2.32. The number of rotatable bonds is 2. The van der Waals surface area contributed by atoms with Crippen LogP contribution >= 0.6 is 23.2 Å². The second kappa shape index (κ2) is 5.70. The first kappa shape index (κ1) is 14.6. The maximum atomic E-state index is 12.3. The molecule has 0 aromatic heterocycles. The molecular weight excluding hydrogens is 285 g/mol. The van der Waals surface area contributed by atoms with E-state index in [1.165, 1.54) is 0 Å². The van der Waals surface area contributed by atoms with Gasteiger partial charge in [-0.15, -0.1) is 0 Å². The molecule has 1 heterocycles. The van der Waals surface area contributed by atoms with Crippen LogP contribution in [-0.4, -0.2) is 36.1 Å². The molecule has 2 rings (SSSR count). The number of morpholine rings is 1. The number of halogens is 2. The molecule has 3 nitrogen and oxygen atoms in total. The van der Waals surface area contributed by atoms with Gasteiger partial charge in [0.05, 0.1) is 18.6 Å². The van der Waals surface area contributed by atoms with Crippen molar-refractivity contribution in [3.05, 3.63) is 33.8 Å². The van der Waals surface area contributed by atoms with Crippen molar-refractivity contribution in [1.82, 2.24) is 4.90 Å². The van der Waals surface area contributed by atoms with E-state index >= 15 is 0 Å². The third-order valence-electron chi connectivity index (χ3n) is 3.17. The fourth-order valence-corrected chi connectivity index (χ4v) is 2.72. The molecular formula is C14H17Cl2NO2. The Hall–Kier alpha value is -0.770. The summed E-state index contributed by atoms with van der Waals surface area (Å²) in [5.41, 5.74) is 0.401. The number of amides is 1. The number of nitrogens with zero attached hydrogens (tertiary/aromatic N) is 1. The molecule has 1 saturated heterocycles. The van der Waals surface area contributed by atoms with Crippen LogP contribution in [-0.2, 0) is 16.0 Å². The molecule has 0 atom stereocenters. The molecule has 0 saturated carbocycles. The van der Waals surface area contributed by atoms with Gasteiger partial charge < -0.3 is 9.64 Å². The fraction of sp³-hybridized carbons (Fsp3) is 0.500. The molecule has 104 valence electrons. The van der Waals surface area contributed by atoms with Crippen LogP contribution in [0, 0.1) is 0 Å². The molecule has 1 amide bonds. The van der Waals surface area contributed by atoms with Crippen LogP contribution < -0.4 is 0 Å². The van der Waals surface area contributed by atoms with Crippen LogP contribution in [0.25, 0.3) is 0 Å². The summed E-state index contributed by atoms with van der Waals surface area (Å²) in [7, 11) is 0. The van der Waals surface area contributed by atoms with Gasteiger partial charge >= 0.3 is 0 Å². The van der Waals surface area contributed by atoms with Crippen LogP contribution in [0.3, 0.4) is 0 Å². The van der Waals surface area contributed by atoms with E-state index < -0.39 is 0 Å². The standard InChI is InChI=1S/C14H17Cl2NO2/c1-14(2)9-17(6-7-19-14)13(18)8-10-11(15)4-3-5-12(10)16/h3-5H,6-9H2,1-2H3. The van der Waals surface area contributed by atoms with Crippen molar-refractivity contribution < 1.29 is 9.53 Å². The molecule has 1 aromatic rings. The molecule has 0 radical (unpaired) electrons. The Morgan fingerprint density at radius 1 is 1.37 bits per heavy atom. The van der Waals surface area contributed by atoms with Gasteiger partial charge in [-0.3, -0.25) is 4.79 Å². The predicted molar refractivity (Wildman–Crippen MR) is 76.8 cm³/mol. The SMILES string of the molecule is CC1(C)CN(C(=O)Cc2c(Cl)cccc2Cl)CCO1. The maximum absolute atomic E-state index is 12.3. The van der Waals surface area contributed by atoms with Gasteiger partial charge in [-0.2, -0.15) is 0 Å². The Labute approximate surface area is 123 Å². The first-order chi connectivity index (χ1) is 8.89. The van der Waals surface area contributed by atoms with Gasteiger partial charge in [-0.25, -0.2) is 0 Å². The van der Waals surface area contributed by atoms with Crippen molar-refractivity contribution in [1.29, 1.82) is 0 Å². The van der Waals surface area contributed by atoms with Crippen molar-refractivity contribution >= 4 is 29.1 Å². The molecule has 0 spiro atoms. The average molecular weight is 302 g/mol. The lowest BCUT2D eigenvalue weighted by Crippen LogP contribution is -2.51. The zero-order valence-electron chi connectivity index (χ0n) is 11.1. The van der Waals surface area contributed by atoms with Crippen LogP contribution in [0.1, 0.15) is 19.4 Å². The smallest absolute Gasteiger partial charge is 0.227 e. The summed E-state index contributed by atoms with van der Waals surface area (Å²) >= 11 is 12.2. The van der Waals surface area contributed by atoms with Crippen LogP contribution in [0.4, 0.5) is 0 Å². The Balaban J connectivity index is 2.09. The zero-order chi connectivity index (χ0) is 14.0. The number of carbonyl (C=O) groups is 1. The van der Waals surface area contributed by atoms with Gasteiger partial charge in [0.15, 0.2) is 0 Å². The number of hydrogen-bond donors (Lipinski definition) is 0. The van der Waals surface area contributed by atoms with Crippen molar-refractivity contribution in [3.8, 4) is 0 Å². The van der Waals surface area contributed by atoms with E-state index in [1.54, 1.807) is 18.2 Å². The Bertz CT molecular complexity index is 468. The third kappa shape index (κ3) is 3.62. The summed E-state index contributed by atoms with van der Waals surface area (Å²) in [6.07, 6.45) is 0.231. The van der Waals surface area contributed by atoms with Gasteiger partial charge in [0.1, 0.15) is 0 Å². The lowest BCUT2D eigenvalue weighted by molar-refractivity contribution is -0.145. The zero-order valence-corrected chi connectivity index (χ0v) is 12.6. The first-order valence-electron chi connectivity index (χ1n) is 6.24. The van der Waals surface area contributed by atoms with Crippen molar-refractivity contribution in [2.75, 3.05) is 19.7 Å². The minimum Gasteiger partial charge on any atom is -0.372 e. The Kier molecular flexibility index (Phi) is 4.39. The monoisotopic (exact) mass is 301 g/mol. The van der Waals surface area contributed by atoms with Crippen molar-refractivity contribution in [2.45, 2.75) is 25.9 Å². The lowest BCUT2D eigenvalue weighted by Gasteiger charge is -2.38. The molecule has 0 bridgehead atoms. The van der Waals surface area contributed by atoms with Crippen LogP contribution in [0.15, 0.2) is 18.2 Å². The summed E-state index contributed by atoms with van der Waals surface area (Å²) in [6.45, 7) is 5.73. The highest BCUT2D eigenvalue weighted by atomic mass is 35.5. The molecule has 1 fully saturated rings. The normalized spacial score (nSPS) is 18.4.